The molecule has 1 fully saturated rings. The molecule has 0 aromatic heterocycles. The molecule has 0 aromatic rings. The molecular weight excluding hydrogens is 284 g/mol. The van der Waals surface area contributed by atoms with E-state index < -0.39 is 8.32 Å². The fourth-order valence-corrected chi connectivity index (χ4v) is 6.94. The zero-order valence-corrected chi connectivity index (χ0v) is 17.4. The third kappa shape index (κ3) is 5.97. The summed E-state index contributed by atoms with van der Waals surface area (Å²) in [6.07, 6.45) is 3.41. The minimum atomic E-state index is -1.53. The molecule has 1 rings (SSSR count). The van der Waals surface area contributed by atoms with Crippen LogP contribution in [0.5, 0.6) is 0 Å². The zero-order chi connectivity index (χ0) is 15.3. The number of hydrogen-bond acceptors (Lipinski definition) is 3. The van der Waals surface area contributed by atoms with Gasteiger partial charge in [-0.05, 0) is 45.3 Å². The van der Waals surface area contributed by atoms with Crippen molar-refractivity contribution in [1.29, 1.82) is 0 Å². The van der Waals surface area contributed by atoms with Crippen molar-refractivity contribution in [3.05, 3.63) is 0 Å². The van der Waals surface area contributed by atoms with Crippen LogP contribution in [0.15, 0.2) is 0 Å². The van der Waals surface area contributed by atoms with E-state index in [1.165, 1.54) is 6.04 Å². The second-order valence-electron chi connectivity index (χ2n) is 7.48. The van der Waals surface area contributed by atoms with Crippen LogP contribution in [-0.2, 0) is 13.9 Å². The topological polar surface area (TPSA) is 27.7 Å². The summed E-state index contributed by atoms with van der Waals surface area (Å²) in [4.78, 5) is 0. The van der Waals surface area contributed by atoms with Gasteiger partial charge in [-0.3, -0.25) is 0 Å². The Labute approximate surface area is 129 Å². The quantitative estimate of drug-likeness (QED) is 0.458. The van der Waals surface area contributed by atoms with Crippen LogP contribution in [-0.4, -0.2) is 50.2 Å². The summed E-state index contributed by atoms with van der Waals surface area (Å²) >= 11 is 0. The summed E-state index contributed by atoms with van der Waals surface area (Å²) in [7, 11) is -0.419. The van der Waals surface area contributed by atoms with E-state index in [1.54, 1.807) is 0 Å². The normalized spacial score (nSPS) is 21.4. The molecule has 1 aliphatic heterocycles. The molecule has 20 heavy (non-hydrogen) atoms. The predicted octanol–water partition coefficient (Wildman–Crippen LogP) is 2.53. The molecule has 3 nitrogen and oxygen atoms in total. The smallest absolute Gasteiger partial charge is 0.187 e. The van der Waals surface area contributed by atoms with E-state index in [1.807, 2.05) is 0 Å². The van der Waals surface area contributed by atoms with Crippen molar-refractivity contribution < 1.29 is 13.9 Å². The van der Waals surface area contributed by atoms with Gasteiger partial charge in [-0.15, -0.1) is 0 Å². The first kappa shape index (κ1) is 18.4. The lowest BCUT2D eigenvalue weighted by Gasteiger charge is -2.40. The monoisotopic (exact) mass is 318 g/mol. The van der Waals surface area contributed by atoms with E-state index in [2.05, 4.69) is 33.9 Å². The van der Waals surface area contributed by atoms with Crippen LogP contribution in [0.3, 0.4) is 0 Å². The second kappa shape index (κ2) is 7.54. The molecule has 1 atom stereocenters. The Hall–Kier alpha value is 0.314. The first-order chi connectivity index (χ1) is 9.24. The first-order valence-electron chi connectivity index (χ1n) is 8.10. The van der Waals surface area contributed by atoms with Gasteiger partial charge < -0.3 is 13.9 Å². The molecule has 0 spiro atoms. The van der Waals surface area contributed by atoms with Gasteiger partial charge in [-0.1, -0.05) is 13.8 Å². The minimum Gasteiger partial charge on any atom is -0.416 e. The summed E-state index contributed by atoms with van der Waals surface area (Å²) in [6.45, 7) is 14.9. The average molecular weight is 319 g/mol. The molecular formula is C15H34O3Si2. The van der Waals surface area contributed by atoms with Gasteiger partial charge in [0.25, 0.3) is 0 Å². The lowest BCUT2D eigenvalue weighted by molar-refractivity contribution is -0.150. The van der Waals surface area contributed by atoms with Gasteiger partial charge >= 0.3 is 0 Å². The Kier molecular flexibility index (Phi) is 6.92. The van der Waals surface area contributed by atoms with Crippen molar-refractivity contribution in [2.24, 2.45) is 5.41 Å². The lowest BCUT2D eigenvalue weighted by Crippen LogP contribution is -2.46. The molecule has 0 saturated carbocycles. The fraction of sp³-hybridized carbons (Fsp3) is 1.00. The highest BCUT2D eigenvalue weighted by Gasteiger charge is 2.37. The molecule has 1 aliphatic rings. The lowest BCUT2D eigenvalue weighted by atomic mass is 9.84. The van der Waals surface area contributed by atoms with Crippen molar-refractivity contribution in [3.63, 3.8) is 0 Å². The van der Waals surface area contributed by atoms with Crippen LogP contribution in [0.4, 0.5) is 0 Å². The maximum atomic E-state index is 6.40. The highest BCUT2D eigenvalue weighted by molar-refractivity contribution is 6.71. The van der Waals surface area contributed by atoms with Gasteiger partial charge in [-0.2, -0.15) is 0 Å². The molecule has 0 bridgehead atoms. The highest BCUT2D eigenvalue weighted by atomic mass is 28.4. The summed E-state index contributed by atoms with van der Waals surface area (Å²) < 4.78 is 17.6. The van der Waals surface area contributed by atoms with Crippen molar-refractivity contribution in [3.8, 4) is 0 Å². The zero-order valence-electron chi connectivity index (χ0n) is 14.4. The summed E-state index contributed by atoms with van der Waals surface area (Å²) in [6, 6.07) is 1.19. The van der Waals surface area contributed by atoms with Crippen LogP contribution in [0.25, 0.3) is 0 Å². The van der Waals surface area contributed by atoms with Crippen LogP contribution in [0.1, 0.15) is 40.0 Å². The van der Waals surface area contributed by atoms with Gasteiger partial charge in [-0.25, -0.2) is 0 Å². The summed E-state index contributed by atoms with van der Waals surface area (Å²) in [5, 5.41) is 0.159. The van der Waals surface area contributed by atoms with Crippen molar-refractivity contribution in [1.82, 2.24) is 0 Å². The van der Waals surface area contributed by atoms with Crippen molar-refractivity contribution in [2.75, 3.05) is 26.4 Å². The maximum absolute atomic E-state index is 6.40. The van der Waals surface area contributed by atoms with Gasteiger partial charge in [0.1, 0.15) is 0 Å². The van der Waals surface area contributed by atoms with Crippen molar-refractivity contribution >= 4 is 18.6 Å². The molecule has 0 amide bonds. The number of hydrogen-bond donors (Lipinski definition) is 0. The molecule has 1 heterocycles. The van der Waals surface area contributed by atoms with Crippen molar-refractivity contribution in [2.45, 2.75) is 64.4 Å². The van der Waals surface area contributed by atoms with Gasteiger partial charge in [0.15, 0.2) is 8.32 Å². The standard InChI is InChI=1S/C15H34O3Si2/c1-6-14(3,19)18-20(4,5)10-8-9-16-11-15(7-2)12-17-13-15/h6-13H2,1-5,19H3. The predicted molar refractivity (Wildman–Crippen MR) is 91.0 cm³/mol. The third-order valence-corrected chi connectivity index (χ3v) is 8.43. The SMILES string of the molecule is CCC1(COCCC[Si](C)(C)OC(C)([SiH3])CC)COC1. The Morgan fingerprint density at radius 1 is 1.30 bits per heavy atom. The Morgan fingerprint density at radius 3 is 2.40 bits per heavy atom. The largest absolute Gasteiger partial charge is 0.416 e. The van der Waals surface area contributed by atoms with Crippen LogP contribution in [0, 0.1) is 5.41 Å². The van der Waals surface area contributed by atoms with Crippen LogP contribution < -0.4 is 0 Å². The van der Waals surface area contributed by atoms with E-state index >= 15 is 0 Å². The molecule has 5 heteroatoms. The van der Waals surface area contributed by atoms with Crippen LogP contribution >= 0.6 is 0 Å². The Morgan fingerprint density at radius 2 is 1.95 bits per heavy atom. The molecule has 1 saturated heterocycles. The molecule has 0 N–H and O–H groups in total. The van der Waals surface area contributed by atoms with Gasteiger partial charge in [0.2, 0.25) is 0 Å². The van der Waals surface area contributed by atoms with Crippen LogP contribution in [0.2, 0.25) is 19.1 Å². The highest BCUT2D eigenvalue weighted by Crippen LogP contribution is 2.31. The summed E-state index contributed by atoms with van der Waals surface area (Å²) in [5.41, 5.74) is 0.319. The van der Waals surface area contributed by atoms with Gasteiger partial charge in [0.05, 0.1) is 19.8 Å². The Bertz CT molecular complexity index is 283. The molecule has 1 unspecified atom stereocenters. The van der Waals surface area contributed by atoms with E-state index in [0.29, 0.717) is 5.41 Å². The van der Waals surface area contributed by atoms with Gasteiger partial charge in [0, 0.05) is 27.5 Å². The van der Waals surface area contributed by atoms with E-state index in [-0.39, 0.29) is 5.22 Å². The molecule has 0 radical (unpaired) electrons. The number of ether oxygens (including phenoxy) is 2. The molecule has 0 aliphatic carbocycles. The number of rotatable bonds is 10. The first-order valence-corrected chi connectivity index (χ1v) is 12.2. The van der Waals surface area contributed by atoms with E-state index in [9.17, 15) is 0 Å². The maximum Gasteiger partial charge on any atom is 0.187 e. The molecule has 120 valence electrons. The molecule has 0 aromatic carbocycles. The minimum absolute atomic E-state index is 0.159. The second-order valence-corrected chi connectivity index (χ2v) is 13.8. The van der Waals surface area contributed by atoms with E-state index in [0.717, 1.165) is 55.9 Å². The fourth-order valence-electron chi connectivity index (χ4n) is 2.54. The van der Waals surface area contributed by atoms with E-state index in [4.69, 9.17) is 13.9 Å². The third-order valence-electron chi connectivity index (χ3n) is 4.45. The Balaban J connectivity index is 2.16. The summed E-state index contributed by atoms with van der Waals surface area (Å²) in [5.74, 6) is 0. The average Bonchev–Trinajstić information content (AvgIpc) is 2.30.